The predicted octanol–water partition coefficient (Wildman–Crippen LogP) is 4.16. The molecule has 0 aliphatic rings. The molecule has 1 aromatic carbocycles. The van der Waals surface area contributed by atoms with E-state index in [9.17, 15) is 4.39 Å². The molecule has 81 valence electrons. The van der Waals surface area contributed by atoms with Gasteiger partial charge in [0.1, 0.15) is 5.82 Å². The molecule has 0 fully saturated rings. The standard InChI is InChI=1S/C10H12F.C4H6/c1-7(2)10-5-4-9(11)6-8(10)3;1-3-4-2/h4-7H,3H2,1-2H3;1H,4H2,2H3. The molecule has 0 amide bonds. The van der Waals surface area contributed by atoms with Crippen LogP contribution in [0.15, 0.2) is 18.2 Å². The van der Waals surface area contributed by atoms with Gasteiger partial charge in [0, 0.05) is 6.42 Å². The maximum absolute atomic E-state index is 12.6. The van der Waals surface area contributed by atoms with E-state index in [1.54, 1.807) is 6.07 Å². The highest BCUT2D eigenvalue weighted by molar-refractivity contribution is 5.32. The largest absolute Gasteiger partial charge is 0.207 e. The molecule has 0 aromatic heterocycles. The molecule has 1 aromatic rings. The molecule has 0 N–H and O–H groups in total. The van der Waals surface area contributed by atoms with E-state index in [4.69, 9.17) is 6.42 Å². The quantitative estimate of drug-likeness (QED) is 0.604. The smallest absolute Gasteiger partial charge is 0.123 e. The summed E-state index contributed by atoms with van der Waals surface area (Å²) in [5, 5.41) is 0. The summed E-state index contributed by atoms with van der Waals surface area (Å²) in [5.74, 6) is 2.64. The summed E-state index contributed by atoms with van der Waals surface area (Å²) in [6, 6.07) is 4.74. The van der Waals surface area contributed by atoms with Crippen LogP contribution >= 0.6 is 0 Å². The van der Waals surface area contributed by atoms with Crippen LogP contribution in [0.1, 0.15) is 44.2 Å². The molecule has 0 saturated carbocycles. The van der Waals surface area contributed by atoms with Crippen molar-refractivity contribution >= 4 is 0 Å². The lowest BCUT2D eigenvalue weighted by Crippen LogP contribution is -1.91. The predicted molar refractivity (Wildman–Crippen MR) is 64.1 cm³/mol. The lowest BCUT2D eigenvalue weighted by atomic mass is 9.98. The first-order valence-corrected chi connectivity index (χ1v) is 5.07. The van der Waals surface area contributed by atoms with Gasteiger partial charge in [-0.2, -0.15) is 0 Å². The highest BCUT2D eigenvalue weighted by Crippen LogP contribution is 2.18. The van der Waals surface area contributed by atoms with E-state index in [0.29, 0.717) is 5.92 Å². The molecule has 0 heterocycles. The monoisotopic (exact) mass is 205 g/mol. The van der Waals surface area contributed by atoms with Crippen molar-refractivity contribution in [3.8, 4) is 12.3 Å². The van der Waals surface area contributed by atoms with Crippen molar-refractivity contribution in [2.24, 2.45) is 0 Å². The van der Waals surface area contributed by atoms with E-state index in [1.165, 1.54) is 12.1 Å². The van der Waals surface area contributed by atoms with Crippen LogP contribution in [0, 0.1) is 25.1 Å². The second-order valence-corrected chi connectivity index (χ2v) is 3.56. The summed E-state index contributed by atoms with van der Waals surface area (Å²) in [7, 11) is 0. The third kappa shape index (κ3) is 5.22. The molecular formula is C14H18F. The molecule has 0 atom stereocenters. The van der Waals surface area contributed by atoms with Crippen LogP contribution in [-0.2, 0) is 0 Å². The SMILES string of the molecule is C#CCC.[CH2]c1cc(F)ccc1C(C)C. The average Bonchev–Trinajstić information content (AvgIpc) is 2.17. The first-order chi connectivity index (χ1) is 7.02. The molecule has 15 heavy (non-hydrogen) atoms. The molecule has 0 bridgehead atoms. The van der Waals surface area contributed by atoms with Crippen molar-refractivity contribution in [1.82, 2.24) is 0 Å². The van der Waals surface area contributed by atoms with Crippen molar-refractivity contribution in [1.29, 1.82) is 0 Å². The Morgan fingerprint density at radius 2 is 2.00 bits per heavy atom. The minimum atomic E-state index is -0.209. The van der Waals surface area contributed by atoms with E-state index in [2.05, 4.69) is 26.7 Å². The topological polar surface area (TPSA) is 0 Å². The summed E-state index contributed by atoms with van der Waals surface area (Å²) in [4.78, 5) is 0. The Hall–Kier alpha value is -1.29. The van der Waals surface area contributed by atoms with Crippen LogP contribution < -0.4 is 0 Å². The van der Waals surface area contributed by atoms with Gasteiger partial charge in [0.05, 0.1) is 0 Å². The molecule has 1 heteroatoms. The van der Waals surface area contributed by atoms with Gasteiger partial charge in [-0.1, -0.05) is 26.8 Å². The van der Waals surface area contributed by atoms with Crippen molar-refractivity contribution in [3.05, 3.63) is 42.1 Å². The van der Waals surface area contributed by atoms with E-state index >= 15 is 0 Å². The second-order valence-electron chi connectivity index (χ2n) is 3.56. The summed E-state index contributed by atoms with van der Waals surface area (Å²) in [5.41, 5.74) is 1.91. The van der Waals surface area contributed by atoms with Gasteiger partial charge in [-0.25, -0.2) is 4.39 Å². The zero-order chi connectivity index (χ0) is 11.8. The van der Waals surface area contributed by atoms with E-state index in [-0.39, 0.29) is 5.82 Å². The molecule has 0 aliphatic carbocycles. The minimum Gasteiger partial charge on any atom is -0.207 e. The molecule has 1 radical (unpaired) electrons. The molecule has 0 saturated heterocycles. The third-order valence-electron chi connectivity index (χ3n) is 1.93. The lowest BCUT2D eigenvalue weighted by Gasteiger charge is -2.08. The third-order valence-corrected chi connectivity index (χ3v) is 1.93. The highest BCUT2D eigenvalue weighted by Gasteiger charge is 2.02. The van der Waals surface area contributed by atoms with Gasteiger partial charge in [-0.05, 0) is 36.1 Å². The maximum atomic E-state index is 12.6. The number of rotatable bonds is 1. The molecular weight excluding hydrogens is 187 g/mol. The van der Waals surface area contributed by atoms with Crippen LogP contribution in [0.3, 0.4) is 0 Å². The minimum absolute atomic E-state index is 0.209. The van der Waals surface area contributed by atoms with Crippen LogP contribution in [0.25, 0.3) is 0 Å². The Bertz CT molecular complexity index is 332. The molecule has 0 aliphatic heterocycles. The van der Waals surface area contributed by atoms with Crippen LogP contribution in [0.4, 0.5) is 4.39 Å². The van der Waals surface area contributed by atoms with Gasteiger partial charge in [-0.3, -0.25) is 0 Å². The van der Waals surface area contributed by atoms with Crippen molar-refractivity contribution in [3.63, 3.8) is 0 Å². The number of benzene rings is 1. The molecule has 0 nitrogen and oxygen atoms in total. The normalized spacial score (nSPS) is 9.13. The van der Waals surface area contributed by atoms with Crippen LogP contribution in [0.2, 0.25) is 0 Å². The van der Waals surface area contributed by atoms with Gasteiger partial charge >= 0.3 is 0 Å². The van der Waals surface area contributed by atoms with Gasteiger partial charge in [0.2, 0.25) is 0 Å². The van der Waals surface area contributed by atoms with Crippen molar-refractivity contribution in [2.75, 3.05) is 0 Å². The van der Waals surface area contributed by atoms with Gasteiger partial charge in [0.15, 0.2) is 0 Å². The Kier molecular flexibility index (Phi) is 6.45. The van der Waals surface area contributed by atoms with Crippen LogP contribution in [-0.4, -0.2) is 0 Å². The molecule has 0 unspecified atom stereocenters. The molecule has 1 rings (SSSR count). The number of hydrogen-bond acceptors (Lipinski definition) is 0. The fourth-order valence-electron chi connectivity index (χ4n) is 1.14. The lowest BCUT2D eigenvalue weighted by molar-refractivity contribution is 0.625. The van der Waals surface area contributed by atoms with E-state index in [1.807, 2.05) is 6.92 Å². The van der Waals surface area contributed by atoms with E-state index < -0.39 is 0 Å². The fourth-order valence-corrected chi connectivity index (χ4v) is 1.14. The Morgan fingerprint density at radius 3 is 2.33 bits per heavy atom. The van der Waals surface area contributed by atoms with Crippen molar-refractivity contribution < 1.29 is 4.39 Å². The van der Waals surface area contributed by atoms with Gasteiger partial charge in [0.25, 0.3) is 0 Å². The van der Waals surface area contributed by atoms with E-state index in [0.717, 1.165) is 17.5 Å². The highest BCUT2D eigenvalue weighted by atomic mass is 19.1. The fraction of sp³-hybridized carbons (Fsp3) is 0.357. The summed E-state index contributed by atoms with van der Waals surface area (Å²) >= 11 is 0. The number of terminal acetylenes is 1. The number of halogens is 1. The zero-order valence-corrected chi connectivity index (χ0v) is 9.68. The zero-order valence-electron chi connectivity index (χ0n) is 9.68. The average molecular weight is 205 g/mol. The summed E-state index contributed by atoms with van der Waals surface area (Å²) in [6.07, 6.45) is 5.62. The maximum Gasteiger partial charge on any atom is 0.123 e. The van der Waals surface area contributed by atoms with Crippen LogP contribution in [0.5, 0.6) is 0 Å². The molecule has 0 spiro atoms. The number of hydrogen-bond donors (Lipinski definition) is 0. The second kappa shape index (κ2) is 7.06. The van der Waals surface area contributed by atoms with Gasteiger partial charge in [-0.15, -0.1) is 12.3 Å². The Morgan fingerprint density at radius 1 is 1.47 bits per heavy atom. The Balaban J connectivity index is 0.000000423. The first kappa shape index (κ1) is 13.7. The van der Waals surface area contributed by atoms with Crippen molar-refractivity contribution in [2.45, 2.75) is 33.1 Å². The van der Waals surface area contributed by atoms with Gasteiger partial charge < -0.3 is 0 Å². The summed E-state index contributed by atoms with van der Waals surface area (Å²) in [6.45, 7) is 9.85. The first-order valence-electron chi connectivity index (χ1n) is 5.07. The Labute approximate surface area is 92.5 Å². The summed E-state index contributed by atoms with van der Waals surface area (Å²) < 4.78 is 12.6.